The van der Waals surface area contributed by atoms with Crippen LogP contribution in [-0.4, -0.2) is 34.1 Å². The predicted octanol–water partition coefficient (Wildman–Crippen LogP) is 2.52. The first-order valence-corrected chi connectivity index (χ1v) is 9.18. The van der Waals surface area contributed by atoms with Crippen LogP contribution in [0.25, 0.3) is 0 Å². The van der Waals surface area contributed by atoms with Crippen LogP contribution in [0.1, 0.15) is 35.3 Å². The number of imidazole rings is 1. The highest BCUT2D eigenvalue weighted by Crippen LogP contribution is 2.16. The number of thiazole rings is 1. The Morgan fingerprint density at radius 3 is 2.75 bits per heavy atom. The van der Waals surface area contributed by atoms with E-state index in [0.717, 1.165) is 37.0 Å². The fourth-order valence-electron chi connectivity index (χ4n) is 2.38. The molecule has 2 aromatic heterocycles. The van der Waals surface area contributed by atoms with Crippen LogP contribution in [0.2, 0.25) is 0 Å². The predicted molar refractivity (Wildman–Crippen MR) is 101 cm³/mol. The molecule has 0 aliphatic carbocycles. The molecule has 0 aliphatic rings. The van der Waals surface area contributed by atoms with Gasteiger partial charge >= 0.3 is 0 Å². The third-order valence-corrected chi connectivity index (χ3v) is 4.84. The van der Waals surface area contributed by atoms with E-state index in [9.17, 15) is 0 Å². The maximum Gasteiger partial charge on any atom is 0.191 e. The largest absolute Gasteiger partial charge is 0.356 e. The van der Waals surface area contributed by atoms with Gasteiger partial charge in [0.2, 0.25) is 0 Å². The SMILES string of the molecule is CN=C(NCCc1nc(C)c(C)s1)NCc1nccn1CC(C)C. The van der Waals surface area contributed by atoms with Crippen LogP contribution < -0.4 is 10.6 Å². The zero-order valence-corrected chi connectivity index (χ0v) is 16.1. The van der Waals surface area contributed by atoms with Gasteiger partial charge in [0.25, 0.3) is 0 Å². The monoisotopic (exact) mass is 348 g/mol. The van der Waals surface area contributed by atoms with Crippen LogP contribution in [0.4, 0.5) is 0 Å². The summed E-state index contributed by atoms with van der Waals surface area (Å²) in [6, 6.07) is 0. The Kier molecular flexibility index (Phi) is 6.78. The molecule has 0 amide bonds. The molecule has 0 saturated heterocycles. The Labute approximate surface area is 148 Å². The fraction of sp³-hybridized carbons (Fsp3) is 0.588. The van der Waals surface area contributed by atoms with Gasteiger partial charge in [-0.05, 0) is 19.8 Å². The lowest BCUT2D eigenvalue weighted by Crippen LogP contribution is -2.38. The lowest BCUT2D eigenvalue weighted by Gasteiger charge is -2.13. The summed E-state index contributed by atoms with van der Waals surface area (Å²) in [5.74, 6) is 2.41. The molecule has 2 rings (SSSR count). The van der Waals surface area contributed by atoms with Gasteiger partial charge in [-0.25, -0.2) is 9.97 Å². The maximum absolute atomic E-state index is 4.56. The number of hydrogen-bond acceptors (Lipinski definition) is 4. The van der Waals surface area contributed by atoms with Crippen molar-refractivity contribution in [3.8, 4) is 0 Å². The van der Waals surface area contributed by atoms with Crippen molar-refractivity contribution in [3.05, 3.63) is 33.8 Å². The molecule has 0 atom stereocenters. The van der Waals surface area contributed by atoms with Gasteiger partial charge in [-0.15, -0.1) is 11.3 Å². The molecule has 6 nitrogen and oxygen atoms in total. The first kappa shape index (κ1) is 18.4. The summed E-state index contributed by atoms with van der Waals surface area (Å²) in [4.78, 5) is 14.6. The molecule has 7 heteroatoms. The minimum Gasteiger partial charge on any atom is -0.356 e. The van der Waals surface area contributed by atoms with E-state index in [2.05, 4.69) is 57.9 Å². The Hall–Kier alpha value is -1.89. The lowest BCUT2D eigenvalue weighted by molar-refractivity contribution is 0.503. The summed E-state index contributed by atoms with van der Waals surface area (Å²) < 4.78 is 2.19. The average molecular weight is 349 g/mol. The molecule has 2 heterocycles. The van der Waals surface area contributed by atoms with Gasteiger partial charge in [0.15, 0.2) is 5.96 Å². The highest BCUT2D eigenvalue weighted by atomic mass is 32.1. The van der Waals surface area contributed by atoms with Crippen LogP contribution >= 0.6 is 11.3 Å². The topological polar surface area (TPSA) is 67.1 Å². The van der Waals surface area contributed by atoms with E-state index in [1.807, 2.05) is 12.4 Å². The molecule has 132 valence electrons. The summed E-state index contributed by atoms with van der Waals surface area (Å²) in [6.07, 6.45) is 4.78. The Morgan fingerprint density at radius 1 is 1.33 bits per heavy atom. The molecule has 2 N–H and O–H groups in total. The minimum absolute atomic E-state index is 0.598. The summed E-state index contributed by atoms with van der Waals surface area (Å²) >= 11 is 1.77. The van der Waals surface area contributed by atoms with E-state index in [1.54, 1.807) is 18.4 Å². The van der Waals surface area contributed by atoms with Gasteiger partial charge in [0.1, 0.15) is 5.82 Å². The second-order valence-corrected chi connectivity index (χ2v) is 7.53. The fourth-order valence-corrected chi connectivity index (χ4v) is 3.32. The zero-order chi connectivity index (χ0) is 17.5. The molecule has 0 spiro atoms. The van der Waals surface area contributed by atoms with Crippen molar-refractivity contribution in [1.29, 1.82) is 0 Å². The zero-order valence-electron chi connectivity index (χ0n) is 15.3. The first-order chi connectivity index (χ1) is 11.5. The van der Waals surface area contributed by atoms with Gasteiger partial charge in [-0.3, -0.25) is 4.99 Å². The van der Waals surface area contributed by atoms with E-state index in [0.29, 0.717) is 12.5 Å². The lowest BCUT2D eigenvalue weighted by atomic mass is 10.2. The van der Waals surface area contributed by atoms with Gasteiger partial charge in [-0.2, -0.15) is 0 Å². The normalized spacial score (nSPS) is 12.0. The van der Waals surface area contributed by atoms with Crippen LogP contribution in [0, 0.1) is 19.8 Å². The van der Waals surface area contributed by atoms with Crippen molar-refractivity contribution in [2.24, 2.45) is 10.9 Å². The van der Waals surface area contributed by atoms with Crippen LogP contribution in [-0.2, 0) is 19.5 Å². The first-order valence-electron chi connectivity index (χ1n) is 8.37. The van der Waals surface area contributed by atoms with Crippen molar-refractivity contribution in [1.82, 2.24) is 25.2 Å². The number of aromatic nitrogens is 3. The van der Waals surface area contributed by atoms with Gasteiger partial charge < -0.3 is 15.2 Å². The van der Waals surface area contributed by atoms with Gasteiger partial charge in [-0.1, -0.05) is 13.8 Å². The van der Waals surface area contributed by atoms with Crippen LogP contribution in [0.3, 0.4) is 0 Å². The maximum atomic E-state index is 4.56. The number of hydrogen-bond donors (Lipinski definition) is 2. The third-order valence-electron chi connectivity index (χ3n) is 3.71. The Balaban J connectivity index is 1.79. The summed E-state index contributed by atoms with van der Waals surface area (Å²) in [5.41, 5.74) is 1.13. The number of aliphatic imine (C=N–C) groups is 1. The van der Waals surface area contributed by atoms with Crippen molar-refractivity contribution < 1.29 is 0 Å². The summed E-state index contributed by atoms with van der Waals surface area (Å²) in [7, 11) is 1.79. The number of rotatable bonds is 7. The molecular formula is C17H28N6S. The molecule has 0 saturated carbocycles. The minimum atomic E-state index is 0.598. The van der Waals surface area contributed by atoms with Crippen molar-refractivity contribution >= 4 is 17.3 Å². The van der Waals surface area contributed by atoms with Crippen molar-refractivity contribution in [2.45, 2.75) is 47.2 Å². The molecular weight excluding hydrogens is 320 g/mol. The van der Waals surface area contributed by atoms with Crippen molar-refractivity contribution in [2.75, 3.05) is 13.6 Å². The Bertz CT molecular complexity index is 651. The molecule has 0 radical (unpaired) electrons. The Morgan fingerprint density at radius 2 is 2.12 bits per heavy atom. The molecule has 0 aromatic carbocycles. The van der Waals surface area contributed by atoms with E-state index in [4.69, 9.17) is 0 Å². The average Bonchev–Trinajstić information content (AvgIpc) is 3.09. The standard InChI is InChI=1S/C17H28N6S/c1-12(2)11-23-9-8-19-15(23)10-21-17(18-5)20-7-6-16-22-13(3)14(4)24-16/h8-9,12H,6-7,10-11H2,1-5H3,(H2,18,20,21). The second kappa shape index (κ2) is 8.82. The molecule has 0 aliphatic heterocycles. The molecule has 2 aromatic rings. The van der Waals surface area contributed by atoms with E-state index < -0.39 is 0 Å². The van der Waals surface area contributed by atoms with Gasteiger partial charge in [0, 0.05) is 43.8 Å². The number of aryl methyl sites for hydroxylation is 2. The highest BCUT2D eigenvalue weighted by molar-refractivity contribution is 7.11. The number of nitrogens with one attached hydrogen (secondary N) is 2. The quantitative estimate of drug-likeness (QED) is 0.596. The molecule has 0 unspecified atom stereocenters. The number of nitrogens with zero attached hydrogens (tertiary/aromatic N) is 4. The van der Waals surface area contributed by atoms with Gasteiger partial charge in [0.05, 0.1) is 17.2 Å². The van der Waals surface area contributed by atoms with Crippen LogP contribution in [0.5, 0.6) is 0 Å². The molecule has 0 bridgehead atoms. The van der Waals surface area contributed by atoms with Crippen molar-refractivity contribution in [3.63, 3.8) is 0 Å². The summed E-state index contributed by atoms with van der Waals surface area (Å²) in [5, 5.41) is 7.83. The smallest absolute Gasteiger partial charge is 0.191 e. The van der Waals surface area contributed by atoms with E-state index in [1.165, 1.54) is 9.88 Å². The number of guanidine groups is 1. The van der Waals surface area contributed by atoms with E-state index in [-0.39, 0.29) is 0 Å². The highest BCUT2D eigenvalue weighted by Gasteiger charge is 2.07. The summed E-state index contributed by atoms with van der Waals surface area (Å²) in [6.45, 7) is 11.0. The molecule has 24 heavy (non-hydrogen) atoms. The third kappa shape index (κ3) is 5.33. The molecule has 0 fully saturated rings. The van der Waals surface area contributed by atoms with E-state index >= 15 is 0 Å². The van der Waals surface area contributed by atoms with Crippen LogP contribution in [0.15, 0.2) is 17.4 Å². The second-order valence-electron chi connectivity index (χ2n) is 6.24.